The van der Waals surface area contributed by atoms with E-state index in [1.807, 2.05) is 30.9 Å². The van der Waals surface area contributed by atoms with E-state index in [1.165, 1.54) is 0 Å². The number of ether oxygens (including phenoxy) is 2. The Labute approximate surface area is 126 Å². The van der Waals surface area contributed by atoms with E-state index in [2.05, 4.69) is 12.2 Å². The van der Waals surface area contributed by atoms with Crippen molar-refractivity contribution in [1.82, 2.24) is 10.2 Å². The number of carbonyl (C=O) groups is 1. The molecular formula is C16H24N2O3. The van der Waals surface area contributed by atoms with Crippen molar-refractivity contribution >= 4 is 5.91 Å². The fraction of sp³-hybridized carbons (Fsp3) is 0.562. The van der Waals surface area contributed by atoms with Gasteiger partial charge in [-0.05, 0) is 39.0 Å². The van der Waals surface area contributed by atoms with Gasteiger partial charge in [0.1, 0.15) is 0 Å². The van der Waals surface area contributed by atoms with Crippen LogP contribution in [0.5, 0.6) is 11.5 Å². The van der Waals surface area contributed by atoms with Gasteiger partial charge in [-0.3, -0.25) is 4.79 Å². The molecule has 21 heavy (non-hydrogen) atoms. The molecule has 1 aliphatic rings. The minimum atomic E-state index is 0.0491. The maximum Gasteiger partial charge on any atom is 0.254 e. The second kappa shape index (κ2) is 7.31. The van der Waals surface area contributed by atoms with E-state index in [0.717, 1.165) is 19.6 Å². The molecule has 5 heteroatoms. The van der Waals surface area contributed by atoms with Crippen molar-refractivity contribution in [2.75, 3.05) is 32.8 Å². The highest BCUT2D eigenvalue weighted by Crippen LogP contribution is 2.29. The van der Waals surface area contributed by atoms with Crippen LogP contribution in [-0.4, -0.2) is 49.7 Å². The number of carbonyl (C=O) groups excluding carboxylic acids is 1. The molecule has 0 radical (unpaired) electrons. The van der Waals surface area contributed by atoms with Crippen LogP contribution in [0.4, 0.5) is 0 Å². The second-order valence-electron chi connectivity index (χ2n) is 5.08. The van der Waals surface area contributed by atoms with Gasteiger partial charge in [0.05, 0.1) is 13.2 Å². The molecule has 1 fully saturated rings. The third-order valence-corrected chi connectivity index (χ3v) is 3.55. The molecule has 0 bridgehead atoms. The standard InChI is InChI=1S/C16H24N2O3/c1-4-20-14-7-6-13(10-15(14)21-5-2)16(19)18-9-8-17-11-12(18)3/h6-7,10,12,17H,4-5,8-9,11H2,1-3H3/t12-/m1/s1. The summed E-state index contributed by atoms with van der Waals surface area (Å²) in [5.74, 6) is 1.37. The van der Waals surface area contributed by atoms with Gasteiger partial charge in [-0.2, -0.15) is 0 Å². The number of hydrogen-bond acceptors (Lipinski definition) is 4. The molecule has 0 saturated carbocycles. The van der Waals surface area contributed by atoms with E-state index in [0.29, 0.717) is 30.3 Å². The normalized spacial score (nSPS) is 18.4. The van der Waals surface area contributed by atoms with Crippen molar-refractivity contribution in [3.63, 3.8) is 0 Å². The molecule has 1 amide bonds. The summed E-state index contributed by atoms with van der Waals surface area (Å²) in [5.41, 5.74) is 0.649. The number of nitrogens with one attached hydrogen (secondary N) is 1. The molecule has 0 aromatic heterocycles. The van der Waals surface area contributed by atoms with Crippen LogP contribution in [-0.2, 0) is 0 Å². The Morgan fingerprint density at radius 1 is 1.29 bits per heavy atom. The van der Waals surface area contributed by atoms with Gasteiger partial charge in [0, 0.05) is 31.2 Å². The van der Waals surface area contributed by atoms with Gasteiger partial charge in [-0.1, -0.05) is 0 Å². The smallest absolute Gasteiger partial charge is 0.254 e. The van der Waals surface area contributed by atoms with E-state index in [9.17, 15) is 4.79 Å². The monoisotopic (exact) mass is 292 g/mol. The summed E-state index contributed by atoms with van der Waals surface area (Å²) in [5, 5.41) is 3.29. The van der Waals surface area contributed by atoms with Crippen molar-refractivity contribution in [2.45, 2.75) is 26.8 Å². The third kappa shape index (κ3) is 3.67. The first-order chi connectivity index (χ1) is 10.2. The van der Waals surface area contributed by atoms with E-state index in [1.54, 1.807) is 6.07 Å². The summed E-state index contributed by atoms with van der Waals surface area (Å²) in [7, 11) is 0. The Morgan fingerprint density at radius 3 is 2.67 bits per heavy atom. The van der Waals surface area contributed by atoms with Gasteiger partial charge in [-0.15, -0.1) is 0 Å². The lowest BCUT2D eigenvalue weighted by molar-refractivity contribution is 0.0655. The van der Waals surface area contributed by atoms with Crippen molar-refractivity contribution in [1.29, 1.82) is 0 Å². The van der Waals surface area contributed by atoms with Crippen molar-refractivity contribution in [3.8, 4) is 11.5 Å². The molecule has 1 saturated heterocycles. The zero-order chi connectivity index (χ0) is 15.2. The topological polar surface area (TPSA) is 50.8 Å². The quantitative estimate of drug-likeness (QED) is 0.901. The molecule has 1 atom stereocenters. The summed E-state index contributed by atoms with van der Waals surface area (Å²) >= 11 is 0. The second-order valence-corrected chi connectivity index (χ2v) is 5.08. The number of nitrogens with zero attached hydrogens (tertiary/aromatic N) is 1. The molecule has 1 heterocycles. The molecular weight excluding hydrogens is 268 g/mol. The molecule has 1 aromatic carbocycles. The van der Waals surface area contributed by atoms with Crippen molar-refractivity contribution in [2.24, 2.45) is 0 Å². The molecule has 1 aliphatic heterocycles. The van der Waals surface area contributed by atoms with Crippen LogP contribution in [0.15, 0.2) is 18.2 Å². The number of benzene rings is 1. The fourth-order valence-electron chi connectivity index (χ4n) is 2.49. The van der Waals surface area contributed by atoms with Crippen LogP contribution < -0.4 is 14.8 Å². The van der Waals surface area contributed by atoms with Crippen molar-refractivity contribution < 1.29 is 14.3 Å². The van der Waals surface area contributed by atoms with Gasteiger partial charge >= 0.3 is 0 Å². The zero-order valence-corrected chi connectivity index (χ0v) is 13.0. The average molecular weight is 292 g/mol. The van der Waals surface area contributed by atoms with Crippen LogP contribution in [0, 0.1) is 0 Å². The largest absolute Gasteiger partial charge is 0.490 e. The minimum absolute atomic E-state index is 0.0491. The Kier molecular flexibility index (Phi) is 5.44. The predicted molar refractivity (Wildman–Crippen MR) is 82.1 cm³/mol. The highest BCUT2D eigenvalue weighted by atomic mass is 16.5. The maximum absolute atomic E-state index is 12.6. The zero-order valence-electron chi connectivity index (χ0n) is 13.0. The molecule has 0 unspecified atom stereocenters. The third-order valence-electron chi connectivity index (χ3n) is 3.55. The lowest BCUT2D eigenvalue weighted by Crippen LogP contribution is -2.52. The highest BCUT2D eigenvalue weighted by Gasteiger charge is 2.24. The molecule has 1 aromatic rings. The molecule has 0 aliphatic carbocycles. The molecule has 0 spiro atoms. The summed E-state index contributed by atoms with van der Waals surface area (Å²) in [4.78, 5) is 14.5. The van der Waals surface area contributed by atoms with Gasteiger partial charge in [0.2, 0.25) is 0 Å². The number of piperazine rings is 1. The molecule has 1 N–H and O–H groups in total. The lowest BCUT2D eigenvalue weighted by atomic mass is 10.1. The van der Waals surface area contributed by atoms with Gasteiger partial charge in [0.15, 0.2) is 11.5 Å². The Bertz CT molecular complexity index is 490. The van der Waals surface area contributed by atoms with Gasteiger partial charge in [0.25, 0.3) is 5.91 Å². The van der Waals surface area contributed by atoms with Crippen LogP contribution in [0.3, 0.4) is 0 Å². The van der Waals surface area contributed by atoms with Crippen LogP contribution in [0.1, 0.15) is 31.1 Å². The number of hydrogen-bond donors (Lipinski definition) is 1. The maximum atomic E-state index is 12.6. The first-order valence-corrected chi connectivity index (χ1v) is 7.58. The molecule has 5 nitrogen and oxygen atoms in total. The number of rotatable bonds is 5. The lowest BCUT2D eigenvalue weighted by Gasteiger charge is -2.34. The summed E-state index contributed by atoms with van der Waals surface area (Å²) in [6.45, 7) is 9.43. The van der Waals surface area contributed by atoms with E-state index in [4.69, 9.17) is 9.47 Å². The van der Waals surface area contributed by atoms with Crippen LogP contribution in [0.25, 0.3) is 0 Å². The van der Waals surface area contributed by atoms with Gasteiger partial charge < -0.3 is 19.7 Å². The first-order valence-electron chi connectivity index (χ1n) is 7.58. The summed E-state index contributed by atoms with van der Waals surface area (Å²) in [6, 6.07) is 5.61. The summed E-state index contributed by atoms with van der Waals surface area (Å²) in [6.07, 6.45) is 0. The fourth-order valence-corrected chi connectivity index (χ4v) is 2.49. The minimum Gasteiger partial charge on any atom is -0.490 e. The highest BCUT2D eigenvalue weighted by molar-refractivity contribution is 5.95. The SMILES string of the molecule is CCOc1ccc(C(=O)N2CCNC[C@H]2C)cc1OCC. The Morgan fingerprint density at radius 2 is 2.00 bits per heavy atom. The van der Waals surface area contributed by atoms with E-state index >= 15 is 0 Å². The first kappa shape index (κ1) is 15.6. The molecule has 116 valence electrons. The Hall–Kier alpha value is -1.75. The average Bonchev–Trinajstić information content (AvgIpc) is 2.49. The predicted octanol–water partition coefficient (Wildman–Crippen LogP) is 1.92. The van der Waals surface area contributed by atoms with E-state index < -0.39 is 0 Å². The van der Waals surface area contributed by atoms with Crippen molar-refractivity contribution in [3.05, 3.63) is 23.8 Å². The summed E-state index contributed by atoms with van der Waals surface area (Å²) < 4.78 is 11.1. The Balaban J connectivity index is 2.22. The van der Waals surface area contributed by atoms with Gasteiger partial charge in [-0.25, -0.2) is 0 Å². The van der Waals surface area contributed by atoms with Crippen LogP contribution >= 0.6 is 0 Å². The van der Waals surface area contributed by atoms with E-state index in [-0.39, 0.29) is 11.9 Å². The molecule has 2 rings (SSSR count). The number of amides is 1. The van der Waals surface area contributed by atoms with Crippen LogP contribution in [0.2, 0.25) is 0 Å².